The topological polar surface area (TPSA) is 113 Å². The normalized spacial score (nSPS) is 10.5. The van der Waals surface area contributed by atoms with Crippen LogP contribution in [0.5, 0.6) is 0 Å². The summed E-state index contributed by atoms with van der Waals surface area (Å²) in [5.74, 6) is -0.0474. The number of carbonyl (C=O) groups is 1. The minimum atomic E-state index is -4.17. The van der Waals surface area contributed by atoms with Crippen molar-refractivity contribution >= 4 is 16.2 Å². The zero-order valence-corrected chi connectivity index (χ0v) is 11.2. The predicted octanol–water partition coefficient (Wildman–Crippen LogP) is -0.622. The van der Waals surface area contributed by atoms with Crippen molar-refractivity contribution in [3.05, 3.63) is 12.2 Å². The maximum atomic E-state index is 11.0. The quantitative estimate of drug-likeness (QED) is 0.349. The van der Waals surface area contributed by atoms with Crippen molar-refractivity contribution in [1.29, 1.82) is 0 Å². The third-order valence-electron chi connectivity index (χ3n) is 1.46. The van der Waals surface area contributed by atoms with Gasteiger partial charge in [0.25, 0.3) is 0 Å². The fourth-order valence-corrected chi connectivity index (χ4v) is 0.748. The third-order valence-corrected chi connectivity index (χ3v) is 1.46. The molecule has 0 radical (unpaired) electrons. The molecule has 1 amide bonds. The van der Waals surface area contributed by atoms with Crippen molar-refractivity contribution in [1.82, 2.24) is 10.2 Å². The zero-order chi connectivity index (χ0) is 14.1. The van der Waals surface area contributed by atoms with Crippen LogP contribution in [0.4, 0.5) is 0 Å². The van der Waals surface area contributed by atoms with Crippen molar-refractivity contribution in [2.45, 2.75) is 13.3 Å². The van der Waals surface area contributed by atoms with E-state index in [1.807, 2.05) is 14.1 Å². The van der Waals surface area contributed by atoms with Crippen LogP contribution in [0, 0.1) is 0 Å². The molecule has 0 aliphatic carbocycles. The highest BCUT2D eigenvalue weighted by molar-refractivity contribution is 7.83. The van der Waals surface area contributed by atoms with E-state index in [2.05, 4.69) is 21.9 Å². The van der Waals surface area contributed by atoms with E-state index in [1.165, 1.54) is 0 Å². The Kier molecular flexibility index (Phi) is 9.86. The summed E-state index contributed by atoms with van der Waals surface area (Å²) in [6.45, 7) is 6.98. The van der Waals surface area contributed by atoms with Crippen LogP contribution in [-0.2, 0) is 15.1 Å². The van der Waals surface area contributed by atoms with Crippen molar-refractivity contribution < 1.29 is 17.8 Å². The van der Waals surface area contributed by atoms with Crippen molar-refractivity contribution in [3.63, 3.8) is 0 Å². The average molecular weight is 267 g/mol. The second kappa shape index (κ2) is 9.11. The van der Waals surface area contributed by atoms with E-state index in [1.54, 1.807) is 6.92 Å². The molecule has 0 saturated carbocycles. The standard InChI is InChI=1S/C9H18N2O.H3NO3S/c1-8(2)9(12)10-6-5-7-11(3)4;1-5(2,3)4/h1,5-7H2,2-4H3,(H,10,12);(H3,1,2,3,4). The number of nitrogens with zero attached hydrogens (tertiary/aromatic N) is 1. The van der Waals surface area contributed by atoms with Crippen molar-refractivity contribution in [2.24, 2.45) is 5.14 Å². The van der Waals surface area contributed by atoms with Gasteiger partial charge in [0.2, 0.25) is 5.91 Å². The van der Waals surface area contributed by atoms with Gasteiger partial charge in [0.15, 0.2) is 0 Å². The highest BCUT2D eigenvalue weighted by Gasteiger charge is 1.99. The zero-order valence-electron chi connectivity index (χ0n) is 10.4. The molecule has 102 valence electrons. The predicted molar refractivity (Wildman–Crippen MR) is 66.7 cm³/mol. The Morgan fingerprint density at radius 3 is 2.18 bits per heavy atom. The molecular weight excluding hydrogens is 246 g/mol. The van der Waals surface area contributed by atoms with Gasteiger partial charge in [-0.2, -0.15) is 8.42 Å². The van der Waals surface area contributed by atoms with Crippen LogP contribution in [0.3, 0.4) is 0 Å². The Morgan fingerprint density at radius 1 is 1.47 bits per heavy atom. The summed E-state index contributed by atoms with van der Waals surface area (Å²) in [5, 5.41) is 6.65. The van der Waals surface area contributed by atoms with Gasteiger partial charge in [-0.3, -0.25) is 9.35 Å². The third kappa shape index (κ3) is 25.4. The van der Waals surface area contributed by atoms with Gasteiger partial charge in [-0.1, -0.05) is 6.58 Å². The first-order valence-corrected chi connectivity index (χ1v) is 6.38. The molecule has 0 unspecified atom stereocenters. The Labute approximate surface area is 103 Å². The Hall–Kier alpha value is -0.960. The number of nitrogens with two attached hydrogens (primary N) is 1. The molecule has 7 nitrogen and oxygen atoms in total. The highest BCUT2D eigenvalue weighted by Crippen LogP contribution is 1.86. The van der Waals surface area contributed by atoms with E-state index in [0.29, 0.717) is 5.57 Å². The van der Waals surface area contributed by atoms with Crippen LogP contribution in [-0.4, -0.2) is 51.0 Å². The molecule has 0 aromatic rings. The lowest BCUT2D eigenvalue weighted by atomic mass is 10.3. The highest BCUT2D eigenvalue weighted by atomic mass is 32.2. The lowest BCUT2D eigenvalue weighted by Crippen LogP contribution is -2.27. The minimum absolute atomic E-state index is 0.0474. The van der Waals surface area contributed by atoms with Gasteiger partial charge in [-0.05, 0) is 34.0 Å². The molecule has 17 heavy (non-hydrogen) atoms. The molecule has 0 saturated heterocycles. The van der Waals surface area contributed by atoms with Crippen LogP contribution in [0.15, 0.2) is 12.2 Å². The van der Waals surface area contributed by atoms with E-state index < -0.39 is 10.3 Å². The van der Waals surface area contributed by atoms with E-state index in [0.717, 1.165) is 19.5 Å². The first kappa shape index (κ1) is 18.4. The summed E-state index contributed by atoms with van der Waals surface area (Å²) in [6.07, 6.45) is 0.978. The van der Waals surface area contributed by atoms with Crippen LogP contribution in [0.1, 0.15) is 13.3 Å². The Bertz CT molecular complexity index is 330. The summed E-state index contributed by atoms with van der Waals surface area (Å²) in [7, 11) is -0.138. The maximum absolute atomic E-state index is 11.0. The summed E-state index contributed by atoms with van der Waals surface area (Å²) < 4.78 is 25.2. The lowest BCUT2D eigenvalue weighted by molar-refractivity contribution is -0.117. The van der Waals surface area contributed by atoms with E-state index in [9.17, 15) is 4.79 Å². The van der Waals surface area contributed by atoms with Crippen molar-refractivity contribution in [2.75, 3.05) is 27.2 Å². The molecule has 0 spiro atoms. The molecule has 0 aliphatic rings. The van der Waals surface area contributed by atoms with Crippen LogP contribution >= 0.6 is 0 Å². The summed E-state index contributed by atoms with van der Waals surface area (Å²) in [4.78, 5) is 13.1. The minimum Gasteiger partial charge on any atom is -0.352 e. The molecule has 0 aromatic heterocycles. The van der Waals surface area contributed by atoms with Crippen LogP contribution in [0.2, 0.25) is 0 Å². The van der Waals surface area contributed by atoms with Crippen molar-refractivity contribution in [3.8, 4) is 0 Å². The number of carbonyl (C=O) groups excluding carboxylic acids is 1. The molecule has 0 fully saturated rings. The lowest BCUT2D eigenvalue weighted by Gasteiger charge is -2.09. The van der Waals surface area contributed by atoms with Gasteiger partial charge in [0.05, 0.1) is 0 Å². The number of hydrogen-bond donors (Lipinski definition) is 3. The van der Waals surface area contributed by atoms with Crippen LogP contribution < -0.4 is 10.5 Å². The molecule has 0 heterocycles. The SMILES string of the molecule is C=C(C)C(=O)NCCCN(C)C.NS(=O)(=O)O. The number of nitrogens with one attached hydrogen (secondary N) is 1. The molecule has 0 aliphatic heterocycles. The number of hydrogen-bond acceptors (Lipinski definition) is 4. The first-order chi connectivity index (χ1) is 7.54. The van der Waals surface area contributed by atoms with Crippen LogP contribution in [0.25, 0.3) is 0 Å². The van der Waals surface area contributed by atoms with Gasteiger partial charge < -0.3 is 10.2 Å². The summed E-state index contributed by atoms with van der Waals surface area (Å²) >= 11 is 0. The average Bonchev–Trinajstić information content (AvgIpc) is 2.08. The van der Waals surface area contributed by atoms with Gasteiger partial charge in [0.1, 0.15) is 0 Å². The first-order valence-electron chi connectivity index (χ1n) is 4.87. The molecule has 4 N–H and O–H groups in total. The molecule has 8 heteroatoms. The smallest absolute Gasteiger partial charge is 0.330 e. The van der Waals surface area contributed by atoms with Gasteiger partial charge >= 0.3 is 10.3 Å². The second-order valence-corrected chi connectivity index (χ2v) is 4.74. The molecule has 0 atom stereocenters. The fourth-order valence-electron chi connectivity index (χ4n) is 0.748. The van der Waals surface area contributed by atoms with Gasteiger partial charge in [0, 0.05) is 12.1 Å². The second-order valence-electron chi connectivity index (χ2n) is 3.71. The molecule has 0 bridgehead atoms. The Morgan fingerprint density at radius 2 is 1.88 bits per heavy atom. The van der Waals surface area contributed by atoms with Gasteiger partial charge in [-0.15, -0.1) is 0 Å². The number of amides is 1. The molecule has 0 aromatic carbocycles. The van der Waals surface area contributed by atoms with E-state index >= 15 is 0 Å². The number of rotatable bonds is 5. The summed E-state index contributed by atoms with van der Waals surface area (Å²) in [5.41, 5.74) is 0.569. The summed E-state index contributed by atoms with van der Waals surface area (Å²) in [6, 6.07) is 0. The largest absolute Gasteiger partial charge is 0.352 e. The maximum Gasteiger partial charge on any atom is 0.330 e. The van der Waals surface area contributed by atoms with Gasteiger partial charge in [-0.25, -0.2) is 5.14 Å². The van der Waals surface area contributed by atoms with E-state index in [-0.39, 0.29) is 5.91 Å². The van der Waals surface area contributed by atoms with E-state index in [4.69, 9.17) is 13.0 Å². The molecular formula is C9H21N3O4S. The monoisotopic (exact) mass is 267 g/mol. The molecule has 0 rings (SSSR count). The fraction of sp³-hybridized carbons (Fsp3) is 0.667. The Balaban J connectivity index is 0.